The number of anilines is 1. The predicted molar refractivity (Wildman–Crippen MR) is 93.9 cm³/mol. The number of hydrogen-bond donors (Lipinski definition) is 1. The highest BCUT2D eigenvalue weighted by Gasteiger charge is 2.36. The monoisotopic (exact) mass is 414 g/mol. The molecule has 0 unspecified atom stereocenters. The maximum atomic E-state index is 13.9. The molecule has 6 nitrogen and oxygen atoms in total. The minimum Gasteiger partial charge on any atom is -0.443 e. The van der Waals surface area contributed by atoms with Crippen molar-refractivity contribution < 1.29 is 31.5 Å². The van der Waals surface area contributed by atoms with Crippen LogP contribution in [0.5, 0.6) is 0 Å². The molecule has 0 bridgehead atoms. The van der Waals surface area contributed by atoms with Gasteiger partial charge in [-0.15, -0.1) is 0 Å². The number of benzene rings is 1. The molecule has 0 atom stereocenters. The third-order valence-corrected chi connectivity index (χ3v) is 3.80. The van der Waals surface area contributed by atoms with Gasteiger partial charge in [0.1, 0.15) is 11.2 Å². The summed E-state index contributed by atoms with van der Waals surface area (Å²) in [6.07, 6.45) is -4.40. The van der Waals surface area contributed by atoms with Crippen molar-refractivity contribution in [2.24, 2.45) is 0 Å². The number of carbonyl (C=O) groups is 1. The van der Waals surface area contributed by atoms with Gasteiger partial charge in [-0.3, -0.25) is 4.57 Å². The number of rotatable bonds is 1. The molecule has 154 valence electrons. The van der Waals surface area contributed by atoms with Crippen molar-refractivity contribution >= 4 is 22.9 Å². The van der Waals surface area contributed by atoms with E-state index >= 15 is 0 Å². The van der Waals surface area contributed by atoms with Crippen LogP contribution in [-0.2, 0) is 10.9 Å². The van der Waals surface area contributed by atoms with Gasteiger partial charge in [0.25, 0.3) is 0 Å². The van der Waals surface area contributed by atoms with Crippen molar-refractivity contribution in [1.29, 1.82) is 0 Å². The summed E-state index contributed by atoms with van der Waals surface area (Å²) in [6, 6.07) is 1.37. The topological polar surface area (TPSA) is 83.0 Å². The zero-order valence-corrected chi connectivity index (χ0v) is 15.4. The SMILES string of the molecule is CC(C)(C)OC(=O)n1cc(-c2nc(N)ncc2C(F)(F)F)c2cc(F)c(F)cc21. The summed E-state index contributed by atoms with van der Waals surface area (Å²) in [7, 11) is 0. The Morgan fingerprint density at radius 1 is 1.14 bits per heavy atom. The lowest BCUT2D eigenvalue weighted by Crippen LogP contribution is -2.26. The fourth-order valence-corrected chi connectivity index (χ4v) is 2.68. The van der Waals surface area contributed by atoms with Crippen LogP contribution in [0.25, 0.3) is 22.2 Å². The largest absolute Gasteiger partial charge is 0.443 e. The first-order chi connectivity index (χ1) is 13.3. The van der Waals surface area contributed by atoms with Gasteiger partial charge in [0.15, 0.2) is 11.6 Å². The van der Waals surface area contributed by atoms with Crippen LogP contribution in [0, 0.1) is 11.6 Å². The Hall–Kier alpha value is -3.24. The summed E-state index contributed by atoms with van der Waals surface area (Å²) >= 11 is 0. The first kappa shape index (κ1) is 20.5. The van der Waals surface area contributed by atoms with Crippen LogP contribution < -0.4 is 5.73 Å². The Bertz CT molecular complexity index is 1120. The van der Waals surface area contributed by atoms with Gasteiger partial charge in [-0.25, -0.2) is 23.5 Å². The van der Waals surface area contributed by atoms with E-state index in [4.69, 9.17) is 10.5 Å². The van der Waals surface area contributed by atoms with Crippen molar-refractivity contribution in [1.82, 2.24) is 14.5 Å². The second-order valence-corrected chi connectivity index (χ2v) is 7.16. The lowest BCUT2D eigenvalue weighted by Gasteiger charge is -2.19. The minimum atomic E-state index is -4.86. The molecule has 11 heteroatoms. The molecule has 2 aromatic heterocycles. The van der Waals surface area contributed by atoms with E-state index < -0.39 is 46.7 Å². The van der Waals surface area contributed by atoms with E-state index in [1.165, 1.54) is 0 Å². The molecule has 0 aliphatic heterocycles. The highest BCUT2D eigenvalue weighted by molar-refractivity contribution is 6.00. The Kier molecular flexibility index (Phi) is 4.72. The van der Waals surface area contributed by atoms with E-state index in [0.29, 0.717) is 18.3 Å². The van der Waals surface area contributed by atoms with Gasteiger partial charge in [-0.2, -0.15) is 13.2 Å². The zero-order valence-electron chi connectivity index (χ0n) is 15.4. The minimum absolute atomic E-state index is 0.182. The van der Waals surface area contributed by atoms with Gasteiger partial charge >= 0.3 is 12.3 Å². The van der Waals surface area contributed by atoms with E-state index in [-0.39, 0.29) is 16.5 Å². The third-order valence-electron chi connectivity index (χ3n) is 3.80. The average molecular weight is 414 g/mol. The summed E-state index contributed by atoms with van der Waals surface area (Å²) in [5, 5.41) is -0.182. The maximum Gasteiger partial charge on any atom is 0.419 e. The molecule has 0 spiro atoms. The molecular weight excluding hydrogens is 399 g/mol. The molecule has 29 heavy (non-hydrogen) atoms. The molecule has 3 aromatic rings. The molecule has 1 aromatic carbocycles. The summed E-state index contributed by atoms with van der Waals surface area (Å²) < 4.78 is 74.0. The van der Waals surface area contributed by atoms with Gasteiger partial charge in [0.2, 0.25) is 5.95 Å². The lowest BCUT2D eigenvalue weighted by atomic mass is 10.1. The number of aromatic nitrogens is 3. The first-order valence-corrected chi connectivity index (χ1v) is 8.21. The lowest BCUT2D eigenvalue weighted by molar-refractivity contribution is -0.137. The molecule has 0 amide bonds. The zero-order chi connectivity index (χ0) is 21.7. The fraction of sp³-hybridized carbons (Fsp3) is 0.278. The highest BCUT2D eigenvalue weighted by atomic mass is 19.4. The van der Waals surface area contributed by atoms with E-state index in [9.17, 15) is 26.7 Å². The molecule has 0 aliphatic carbocycles. The van der Waals surface area contributed by atoms with Crippen molar-refractivity contribution in [3.8, 4) is 11.3 Å². The average Bonchev–Trinajstić information content (AvgIpc) is 2.91. The molecular formula is C18H15F5N4O2. The maximum absolute atomic E-state index is 13.9. The van der Waals surface area contributed by atoms with Crippen molar-refractivity contribution in [3.63, 3.8) is 0 Å². The normalized spacial score (nSPS) is 12.4. The summed E-state index contributed by atoms with van der Waals surface area (Å²) in [4.78, 5) is 19.5. The Morgan fingerprint density at radius 2 is 1.76 bits per heavy atom. The second-order valence-electron chi connectivity index (χ2n) is 7.16. The number of hydrogen-bond acceptors (Lipinski definition) is 5. The number of ether oxygens (including phenoxy) is 1. The van der Waals surface area contributed by atoms with E-state index in [1.807, 2.05) is 0 Å². The number of nitrogens with two attached hydrogens (primary N) is 1. The standard InChI is InChI=1S/C18H15F5N4O2/c1-17(2,3)29-16(28)27-7-9(8-4-11(19)12(20)5-13(8)27)14-10(18(21,22)23)6-25-15(24)26-14/h4-7H,1-3H3,(H2,24,25,26). The fourth-order valence-electron chi connectivity index (χ4n) is 2.68. The van der Waals surface area contributed by atoms with Crippen LogP contribution in [0.2, 0.25) is 0 Å². The highest BCUT2D eigenvalue weighted by Crippen LogP contribution is 2.39. The van der Waals surface area contributed by atoms with Crippen molar-refractivity contribution in [3.05, 3.63) is 41.7 Å². The van der Waals surface area contributed by atoms with E-state index in [0.717, 1.165) is 10.8 Å². The van der Waals surface area contributed by atoms with Crippen LogP contribution in [-0.4, -0.2) is 26.2 Å². The van der Waals surface area contributed by atoms with Crippen molar-refractivity contribution in [2.45, 2.75) is 32.5 Å². The smallest absolute Gasteiger partial charge is 0.419 e. The van der Waals surface area contributed by atoms with Gasteiger partial charge in [-0.1, -0.05) is 0 Å². The number of halogens is 5. The summed E-state index contributed by atoms with van der Waals surface area (Å²) in [5.74, 6) is -3.06. The van der Waals surface area contributed by atoms with Gasteiger partial charge in [0.05, 0.1) is 11.2 Å². The van der Waals surface area contributed by atoms with Crippen molar-refractivity contribution in [2.75, 3.05) is 5.73 Å². The second kappa shape index (κ2) is 6.68. The molecule has 2 N–H and O–H groups in total. The Balaban J connectivity index is 2.35. The van der Waals surface area contributed by atoms with Crippen LogP contribution in [0.15, 0.2) is 24.5 Å². The Labute approximate surface area is 161 Å². The number of alkyl halides is 3. The van der Waals surface area contributed by atoms with Gasteiger partial charge < -0.3 is 10.5 Å². The molecule has 0 aliphatic rings. The van der Waals surface area contributed by atoms with E-state index in [1.54, 1.807) is 20.8 Å². The summed E-state index contributed by atoms with van der Waals surface area (Å²) in [5.41, 5.74) is 2.08. The van der Waals surface area contributed by atoms with Crippen LogP contribution >= 0.6 is 0 Å². The van der Waals surface area contributed by atoms with Crippen LogP contribution in [0.4, 0.5) is 32.7 Å². The van der Waals surface area contributed by atoms with E-state index in [2.05, 4.69) is 9.97 Å². The number of fused-ring (bicyclic) bond motifs is 1. The van der Waals surface area contributed by atoms with Crippen LogP contribution in [0.3, 0.4) is 0 Å². The molecule has 3 rings (SSSR count). The first-order valence-electron chi connectivity index (χ1n) is 8.21. The molecule has 0 saturated carbocycles. The van der Waals surface area contributed by atoms with Gasteiger partial charge in [0, 0.05) is 29.4 Å². The molecule has 2 heterocycles. The number of carbonyl (C=O) groups excluding carboxylic acids is 1. The number of nitrogen functional groups attached to an aromatic ring is 1. The predicted octanol–water partition coefficient (Wildman–Crippen LogP) is 4.76. The quantitative estimate of drug-likeness (QED) is 0.581. The van der Waals surface area contributed by atoms with Crippen LogP contribution in [0.1, 0.15) is 26.3 Å². The molecule has 0 radical (unpaired) electrons. The number of nitrogens with zero attached hydrogens (tertiary/aromatic N) is 3. The Morgan fingerprint density at radius 3 is 2.34 bits per heavy atom. The van der Waals surface area contributed by atoms with Gasteiger partial charge in [-0.05, 0) is 26.8 Å². The molecule has 0 fully saturated rings. The third kappa shape index (κ3) is 3.98. The summed E-state index contributed by atoms with van der Waals surface area (Å²) in [6.45, 7) is 4.72. The molecule has 0 saturated heterocycles.